The molecule has 0 N–H and O–H groups in total. The van der Waals surface area contributed by atoms with E-state index in [1.54, 1.807) is 16.5 Å². The molecule has 2 heterocycles. The molecular weight excluding hydrogens is 354 g/mol. The molecule has 1 fully saturated rings. The lowest BCUT2D eigenvalue weighted by Crippen LogP contribution is -2.42. The van der Waals surface area contributed by atoms with Crippen LogP contribution in [0.4, 0.5) is 8.78 Å². The van der Waals surface area contributed by atoms with Crippen LogP contribution in [0.25, 0.3) is 0 Å². The van der Waals surface area contributed by atoms with E-state index in [0.29, 0.717) is 31.7 Å². The van der Waals surface area contributed by atoms with Gasteiger partial charge in [-0.25, -0.2) is 8.78 Å². The van der Waals surface area contributed by atoms with Gasteiger partial charge in [0.25, 0.3) is 5.56 Å². The monoisotopic (exact) mass is 376 g/mol. The first-order valence-corrected chi connectivity index (χ1v) is 8.89. The van der Waals surface area contributed by atoms with Crippen LogP contribution in [0.3, 0.4) is 0 Å². The third-order valence-electron chi connectivity index (χ3n) is 4.93. The highest BCUT2D eigenvalue weighted by molar-refractivity contribution is 5.78. The van der Waals surface area contributed by atoms with Crippen LogP contribution in [-0.4, -0.2) is 34.6 Å². The molecule has 3 rings (SSSR count). The Balaban J connectivity index is 1.55. The van der Waals surface area contributed by atoms with Crippen LogP contribution in [0.15, 0.2) is 35.1 Å². The van der Waals surface area contributed by atoms with Crippen LogP contribution in [0.5, 0.6) is 5.75 Å². The van der Waals surface area contributed by atoms with Gasteiger partial charge >= 0.3 is 0 Å². The standard InChI is InChI=1S/C20H22F2N2O3/c1-13-9-17(12-19(25)23(13)2)27-16-5-7-24(8-6-16)20(26)10-14-3-4-15(21)11-18(14)22/h3-4,9,11-12,16H,5-8,10H2,1-2H3. The lowest BCUT2D eigenvalue weighted by atomic mass is 10.1. The predicted molar refractivity (Wildman–Crippen MR) is 96.7 cm³/mol. The number of likely N-dealkylation sites (tertiary alicyclic amines) is 1. The first kappa shape index (κ1) is 19.1. The van der Waals surface area contributed by atoms with Gasteiger partial charge in [0.1, 0.15) is 23.5 Å². The van der Waals surface area contributed by atoms with Crippen molar-refractivity contribution in [1.29, 1.82) is 0 Å². The fourth-order valence-electron chi connectivity index (χ4n) is 3.16. The average molecular weight is 376 g/mol. The Morgan fingerprint density at radius 3 is 2.52 bits per heavy atom. The second kappa shape index (κ2) is 7.90. The van der Waals surface area contributed by atoms with E-state index >= 15 is 0 Å². The Bertz CT molecular complexity index is 903. The summed E-state index contributed by atoms with van der Waals surface area (Å²) < 4.78 is 34.1. The topological polar surface area (TPSA) is 51.5 Å². The molecule has 0 saturated carbocycles. The normalized spacial score (nSPS) is 15.0. The molecule has 1 aromatic carbocycles. The van der Waals surface area contributed by atoms with Gasteiger partial charge in [-0.15, -0.1) is 0 Å². The zero-order chi connectivity index (χ0) is 19.6. The van der Waals surface area contributed by atoms with Crippen molar-refractivity contribution in [3.63, 3.8) is 0 Å². The Labute approximate surface area is 156 Å². The van der Waals surface area contributed by atoms with E-state index in [9.17, 15) is 18.4 Å². The quantitative estimate of drug-likeness (QED) is 0.824. The second-order valence-corrected chi connectivity index (χ2v) is 6.84. The third-order valence-corrected chi connectivity index (χ3v) is 4.93. The van der Waals surface area contributed by atoms with E-state index in [1.807, 2.05) is 13.0 Å². The maximum atomic E-state index is 13.7. The third kappa shape index (κ3) is 4.53. The number of aromatic nitrogens is 1. The summed E-state index contributed by atoms with van der Waals surface area (Å²) in [6, 6.07) is 6.52. The molecule has 1 amide bonds. The number of aryl methyl sites for hydroxylation is 1. The highest BCUT2D eigenvalue weighted by Crippen LogP contribution is 2.20. The summed E-state index contributed by atoms with van der Waals surface area (Å²) in [7, 11) is 1.70. The highest BCUT2D eigenvalue weighted by atomic mass is 19.1. The fourth-order valence-corrected chi connectivity index (χ4v) is 3.16. The lowest BCUT2D eigenvalue weighted by molar-refractivity contribution is -0.132. The van der Waals surface area contributed by atoms with Gasteiger partial charge in [-0.3, -0.25) is 9.59 Å². The molecule has 0 spiro atoms. The first-order chi connectivity index (χ1) is 12.8. The molecule has 1 saturated heterocycles. The molecule has 1 aliphatic rings. The lowest BCUT2D eigenvalue weighted by Gasteiger charge is -2.32. The number of hydrogen-bond acceptors (Lipinski definition) is 3. The first-order valence-electron chi connectivity index (χ1n) is 8.89. The number of carbonyl (C=O) groups excluding carboxylic acids is 1. The van der Waals surface area contributed by atoms with E-state index in [0.717, 1.165) is 17.8 Å². The number of amides is 1. The van der Waals surface area contributed by atoms with Gasteiger partial charge in [0.15, 0.2) is 0 Å². The number of piperidine rings is 1. The number of pyridine rings is 1. The Morgan fingerprint density at radius 1 is 1.19 bits per heavy atom. The van der Waals surface area contributed by atoms with E-state index in [1.165, 1.54) is 12.1 Å². The molecule has 1 aromatic heterocycles. The minimum absolute atomic E-state index is 0.0805. The molecule has 144 valence electrons. The smallest absolute Gasteiger partial charge is 0.254 e. The summed E-state index contributed by atoms with van der Waals surface area (Å²) in [5.41, 5.74) is 0.876. The maximum absolute atomic E-state index is 13.7. The van der Waals surface area contributed by atoms with Gasteiger partial charge < -0.3 is 14.2 Å². The molecule has 0 unspecified atom stereocenters. The van der Waals surface area contributed by atoms with Crippen molar-refractivity contribution in [3.8, 4) is 5.75 Å². The molecular formula is C20H22F2N2O3. The molecule has 2 aromatic rings. The van der Waals surface area contributed by atoms with Crippen LogP contribution in [0, 0.1) is 18.6 Å². The van der Waals surface area contributed by atoms with Crippen molar-refractivity contribution in [2.75, 3.05) is 13.1 Å². The van der Waals surface area contributed by atoms with Crippen LogP contribution in [0.2, 0.25) is 0 Å². The van der Waals surface area contributed by atoms with Crippen molar-refractivity contribution in [2.45, 2.75) is 32.3 Å². The zero-order valence-electron chi connectivity index (χ0n) is 15.4. The van der Waals surface area contributed by atoms with Gasteiger partial charge in [-0.1, -0.05) is 6.07 Å². The number of halogens is 2. The van der Waals surface area contributed by atoms with Crippen molar-refractivity contribution in [3.05, 3.63) is 63.6 Å². The fraction of sp³-hybridized carbons (Fsp3) is 0.400. The zero-order valence-corrected chi connectivity index (χ0v) is 15.4. The number of rotatable bonds is 4. The molecule has 0 radical (unpaired) electrons. The summed E-state index contributed by atoms with van der Waals surface area (Å²) in [6.45, 7) is 2.83. The van der Waals surface area contributed by atoms with Crippen LogP contribution < -0.4 is 10.3 Å². The number of benzene rings is 1. The van der Waals surface area contributed by atoms with Crippen molar-refractivity contribution in [2.24, 2.45) is 7.05 Å². The van der Waals surface area contributed by atoms with E-state index in [-0.39, 0.29) is 29.6 Å². The Hall–Kier alpha value is -2.70. The molecule has 0 atom stereocenters. The molecule has 5 nitrogen and oxygen atoms in total. The predicted octanol–water partition coefficient (Wildman–Crippen LogP) is 2.58. The molecule has 0 bridgehead atoms. The summed E-state index contributed by atoms with van der Waals surface area (Å²) in [4.78, 5) is 25.9. The van der Waals surface area contributed by atoms with Gasteiger partial charge in [-0.05, 0) is 24.6 Å². The molecule has 27 heavy (non-hydrogen) atoms. The van der Waals surface area contributed by atoms with Gasteiger partial charge in [0.2, 0.25) is 5.91 Å². The Morgan fingerprint density at radius 2 is 1.89 bits per heavy atom. The van der Waals surface area contributed by atoms with E-state index < -0.39 is 11.6 Å². The maximum Gasteiger partial charge on any atom is 0.254 e. The van der Waals surface area contributed by atoms with Crippen molar-refractivity contribution < 1.29 is 18.3 Å². The van der Waals surface area contributed by atoms with Crippen LogP contribution in [0.1, 0.15) is 24.1 Å². The second-order valence-electron chi connectivity index (χ2n) is 6.84. The van der Waals surface area contributed by atoms with Crippen molar-refractivity contribution in [1.82, 2.24) is 9.47 Å². The number of nitrogens with zero attached hydrogens (tertiary/aromatic N) is 2. The van der Waals surface area contributed by atoms with Gasteiger partial charge in [0.05, 0.1) is 6.42 Å². The summed E-state index contributed by atoms with van der Waals surface area (Å²) >= 11 is 0. The number of hydrogen-bond donors (Lipinski definition) is 0. The highest BCUT2D eigenvalue weighted by Gasteiger charge is 2.24. The summed E-state index contributed by atoms with van der Waals surface area (Å²) in [5.74, 6) is -1.02. The summed E-state index contributed by atoms with van der Waals surface area (Å²) in [6.07, 6.45) is 1.09. The molecule has 0 aliphatic carbocycles. The minimum Gasteiger partial charge on any atom is -0.490 e. The Kier molecular flexibility index (Phi) is 5.58. The van der Waals surface area contributed by atoms with E-state index in [2.05, 4.69) is 0 Å². The average Bonchev–Trinajstić information content (AvgIpc) is 2.62. The number of carbonyl (C=O) groups is 1. The SMILES string of the molecule is Cc1cc(OC2CCN(C(=O)Cc3ccc(F)cc3F)CC2)cc(=O)n1C. The minimum atomic E-state index is -0.706. The van der Waals surface area contributed by atoms with Crippen LogP contribution in [-0.2, 0) is 18.3 Å². The van der Waals surface area contributed by atoms with Crippen LogP contribution >= 0.6 is 0 Å². The largest absolute Gasteiger partial charge is 0.490 e. The van der Waals surface area contributed by atoms with E-state index in [4.69, 9.17) is 4.74 Å². The number of ether oxygens (including phenoxy) is 1. The van der Waals surface area contributed by atoms with Crippen molar-refractivity contribution >= 4 is 5.91 Å². The van der Waals surface area contributed by atoms with Gasteiger partial charge in [-0.2, -0.15) is 0 Å². The summed E-state index contributed by atoms with van der Waals surface area (Å²) in [5, 5.41) is 0. The molecule has 7 heteroatoms. The van der Waals surface area contributed by atoms with Gasteiger partial charge in [0, 0.05) is 50.8 Å². The molecule has 1 aliphatic heterocycles.